The van der Waals surface area contributed by atoms with Gasteiger partial charge in [0.2, 0.25) is 5.91 Å². The number of benzene rings is 1. The second-order valence-corrected chi connectivity index (χ2v) is 4.92. The third kappa shape index (κ3) is 3.88. The Bertz CT molecular complexity index is 420. The zero-order valence-electron chi connectivity index (χ0n) is 11.6. The Labute approximate surface area is 115 Å². The summed E-state index contributed by atoms with van der Waals surface area (Å²) < 4.78 is 0. The molecule has 4 nitrogen and oxygen atoms in total. The molecule has 1 aliphatic rings. The van der Waals surface area contributed by atoms with Crippen LogP contribution >= 0.6 is 0 Å². The Morgan fingerprint density at radius 2 is 2.26 bits per heavy atom. The highest BCUT2D eigenvalue weighted by molar-refractivity contribution is 5.83. The lowest BCUT2D eigenvalue weighted by atomic mass is 10.2. The van der Waals surface area contributed by atoms with E-state index in [1.54, 1.807) is 0 Å². The fourth-order valence-electron chi connectivity index (χ4n) is 2.31. The molecule has 1 amide bonds. The summed E-state index contributed by atoms with van der Waals surface area (Å²) in [6.07, 6.45) is 3.21. The first kappa shape index (κ1) is 13.7. The lowest BCUT2D eigenvalue weighted by Crippen LogP contribution is -2.38. The second kappa shape index (κ2) is 7.02. The molecule has 0 saturated heterocycles. The van der Waals surface area contributed by atoms with E-state index in [0.717, 1.165) is 50.3 Å². The van der Waals surface area contributed by atoms with Gasteiger partial charge in [-0.2, -0.15) is 0 Å². The van der Waals surface area contributed by atoms with Crippen molar-refractivity contribution in [3.8, 4) is 0 Å². The molecule has 1 heterocycles. The molecule has 2 N–H and O–H groups in total. The van der Waals surface area contributed by atoms with Crippen LogP contribution in [-0.4, -0.2) is 32.1 Å². The maximum absolute atomic E-state index is 11.9. The first-order valence-corrected chi connectivity index (χ1v) is 7.16. The van der Waals surface area contributed by atoms with Gasteiger partial charge in [-0.1, -0.05) is 25.5 Å². The Morgan fingerprint density at radius 3 is 3.11 bits per heavy atom. The van der Waals surface area contributed by atoms with Crippen LogP contribution in [0.25, 0.3) is 0 Å². The van der Waals surface area contributed by atoms with Crippen LogP contribution in [0, 0.1) is 0 Å². The predicted molar refractivity (Wildman–Crippen MR) is 79.7 cm³/mol. The summed E-state index contributed by atoms with van der Waals surface area (Å²) in [5.41, 5.74) is 2.26. The van der Waals surface area contributed by atoms with E-state index in [4.69, 9.17) is 0 Å². The van der Waals surface area contributed by atoms with Gasteiger partial charge in [0.1, 0.15) is 0 Å². The molecule has 0 aromatic heterocycles. The van der Waals surface area contributed by atoms with Crippen LogP contribution in [-0.2, 0) is 4.79 Å². The van der Waals surface area contributed by atoms with Gasteiger partial charge in [0.25, 0.3) is 0 Å². The summed E-state index contributed by atoms with van der Waals surface area (Å²) in [6.45, 7) is 5.24. The average molecular weight is 261 g/mol. The van der Waals surface area contributed by atoms with Gasteiger partial charge < -0.3 is 15.5 Å². The molecule has 0 radical (unpaired) electrons. The van der Waals surface area contributed by atoms with Crippen molar-refractivity contribution in [3.05, 3.63) is 24.3 Å². The molecule has 104 valence electrons. The van der Waals surface area contributed by atoms with E-state index in [2.05, 4.69) is 34.6 Å². The van der Waals surface area contributed by atoms with Gasteiger partial charge >= 0.3 is 0 Å². The van der Waals surface area contributed by atoms with Crippen LogP contribution in [0.3, 0.4) is 0 Å². The monoisotopic (exact) mass is 261 g/mol. The molecular weight excluding hydrogens is 238 g/mol. The summed E-state index contributed by atoms with van der Waals surface area (Å²) in [5.74, 6) is 0.116. The number of para-hydroxylation sites is 2. The standard InChI is InChI=1S/C15H23N3O/c1-2-3-9-17-15(19)12-18-11-6-10-16-13-7-4-5-8-14(13)18/h4-5,7-8,16H,2-3,6,9-12H2,1H3,(H,17,19). The van der Waals surface area contributed by atoms with Crippen molar-refractivity contribution in [1.29, 1.82) is 0 Å². The number of hydrogen-bond acceptors (Lipinski definition) is 3. The summed E-state index contributed by atoms with van der Waals surface area (Å²) in [5, 5.41) is 6.39. The van der Waals surface area contributed by atoms with E-state index in [1.807, 2.05) is 12.1 Å². The van der Waals surface area contributed by atoms with Crippen LogP contribution < -0.4 is 15.5 Å². The number of amides is 1. The van der Waals surface area contributed by atoms with Gasteiger partial charge in [-0.25, -0.2) is 0 Å². The van der Waals surface area contributed by atoms with Crippen LogP contribution in [0.5, 0.6) is 0 Å². The molecule has 1 aromatic carbocycles. The van der Waals surface area contributed by atoms with E-state index < -0.39 is 0 Å². The summed E-state index contributed by atoms with van der Waals surface area (Å²) in [6, 6.07) is 8.19. The third-order valence-electron chi connectivity index (χ3n) is 3.35. The molecule has 0 saturated carbocycles. The van der Waals surface area contributed by atoms with E-state index in [9.17, 15) is 4.79 Å². The number of hydrogen-bond donors (Lipinski definition) is 2. The maximum Gasteiger partial charge on any atom is 0.239 e. The molecule has 1 aromatic rings. The zero-order valence-corrected chi connectivity index (χ0v) is 11.6. The van der Waals surface area contributed by atoms with E-state index in [1.165, 1.54) is 0 Å². The smallest absolute Gasteiger partial charge is 0.239 e. The van der Waals surface area contributed by atoms with E-state index in [-0.39, 0.29) is 5.91 Å². The number of unbranched alkanes of at least 4 members (excludes halogenated alkanes) is 1. The highest BCUT2D eigenvalue weighted by Crippen LogP contribution is 2.27. The Morgan fingerprint density at radius 1 is 1.42 bits per heavy atom. The topological polar surface area (TPSA) is 44.4 Å². The number of nitrogens with one attached hydrogen (secondary N) is 2. The minimum absolute atomic E-state index is 0.116. The largest absolute Gasteiger partial charge is 0.383 e. The molecular formula is C15H23N3O. The minimum atomic E-state index is 0.116. The molecule has 0 atom stereocenters. The van der Waals surface area contributed by atoms with E-state index in [0.29, 0.717) is 6.54 Å². The van der Waals surface area contributed by atoms with Crippen LogP contribution in [0.15, 0.2) is 24.3 Å². The molecule has 0 aliphatic carbocycles. The number of fused-ring (bicyclic) bond motifs is 1. The SMILES string of the molecule is CCCCNC(=O)CN1CCCNc2ccccc21. The zero-order chi connectivity index (χ0) is 13.5. The average Bonchev–Trinajstić information content (AvgIpc) is 2.62. The van der Waals surface area contributed by atoms with Crippen molar-refractivity contribution in [3.63, 3.8) is 0 Å². The molecule has 4 heteroatoms. The number of rotatable bonds is 5. The molecule has 0 fully saturated rings. The lowest BCUT2D eigenvalue weighted by molar-refractivity contribution is -0.119. The van der Waals surface area contributed by atoms with Crippen LogP contribution in [0.2, 0.25) is 0 Å². The van der Waals surface area contributed by atoms with Gasteiger partial charge in [0, 0.05) is 19.6 Å². The highest BCUT2D eigenvalue weighted by atomic mass is 16.2. The van der Waals surface area contributed by atoms with Crippen LogP contribution in [0.1, 0.15) is 26.2 Å². The minimum Gasteiger partial charge on any atom is -0.383 e. The van der Waals surface area contributed by atoms with Crippen molar-refractivity contribution < 1.29 is 4.79 Å². The first-order chi connectivity index (χ1) is 9.31. The molecule has 1 aliphatic heterocycles. The van der Waals surface area contributed by atoms with Crippen molar-refractivity contribution in [2.45, 2.75) is 26.2 Å². The normalized spacial score (nSPS) is 14.3. The highest BCUT2D eigenvalue weighted by Gasteiger charge is 2.16. The lowest BCUT2D eigenvalue weighted by Gasteiger charge is -2.23. The Kier molecular flexibility index (Phi) is 5.07. The van der Waals surface area contributed by atoms with E-state index >= 15 is 0 Å². The van der Waals surface area contributed by atoms with Gasteiger partial charge in [-0.05, 0) is 25.0 Å². The fourth-order valence-corrected chi connectivity index (χ4v) is 2.31. The molecule has 2 rings (SSSR count). The van der Waals surface area contributed by atoms with Crippen molar-refractivity contribution >= 4 is 17.3 Å². The number of nitrogens with zero attached hydrogens (tertiary/aromatic N) is 1. The summed E-state index contributed by atoms with van der Waals surface area (Å²) in [4.78, 5) is 14.1. The van der Waals surface area contributed by atoms with Crippen molar-refractivity contribution in [2.24, 2.45) is 0 Å². The molecule has 0 bridgehead atoms. The predicted octanol–water partition coefficient (Wildman–Crippen LogP) is 2.22. The van der Waals surface area contributed by atoms with Crippen LogP contribution in [0.4, 0.5) is 11.4 Å². The van der Waals surface area contributed by atoms with Crippen molar-refractivity contribution in [1.82, 2.24) is 5.32 Å². The number of carbonyl (C=O) groups is 1. The Balaban J connectivity index is 1.98. The van der Waals surface area contributed by atoms with Crippen molar-refractivity contribution in [2.75, 3.05) is 36.4 Å². The number of carbonyl (C=O) groups excluding carboxylic acids is 1. The van der Waals surface area contributed by atoms with Gasteiger partial charge in [0.05, 0.1) is 17.9 Å². The van der Waals surface area contributed by atoms with Gasteiger partial charge in [0.15, 0.2) is 0 Å². The second-order valence-electron chi connectivity index (χ2n) is 4.92. The third-order valence-corrected chi connectivity index (χ3v) is 3.35. The maximum atomic E-state index is 11.9. The molecule has 0 unspecified atom stereocenters. The first-order valence-electron chi connectivity index (χ1n) is 7.16. The van der Waals surface area contributed by atoms with Gasteiger partial charge in [-0.15, -0.1) is 0 Å². The summed E-state index contributed by atoms with van der Waals surface area (Å²) in [7, 11) is 0. The molecule has 0 spiro atoms. The fraction of sp³-hybridized carbons (Fsp3) is 0.533. The summed E-state index contributed by atoms with van der Waals surface area (Å²) >= 11 is 0. The van der Waals surface area contributed by atoms with Gasteiger partial charge in [-0.3, -0.25) is 4.79 Å². The quantitative estimate of drug-likeness (QED) is 0.799. The Hall–Kier alpha value is -1.71. The molecule has 19 heavy (non-hydrogen) atoms. The number of anilines is 2.